The number of amides is 1. The molecule has 1 saturated heterocycles. The summed E-state index contributed by atoms with van der Waals surface area (Å²) in [7, 11) is 0. The number of likely N-dealkylation sites (tertiary alicyclic amines) is 1. The van der Waals surface area contributed by atoms with Crippen LogP contribution in [0.15, 0.2) is 18.5 Å². The van der Waals surface area contributed by atoms with Crippen molar-refractivity contribution in [1.29, 1.82) is 0 Å². The second-order valence-electron chi connectivity index (χ2n) is 5.39. The molecule has 19 heavy (non-hydrogen) atoms. The molecule has 0 saturated carbocycles. The van der Waals surface area contributed by atoms with E-state index in [1.54, 1.807) is 41.9 Å². The lowest BCUT2D eigenvalue weighted by atomic mass is 9.82. The number of carboxylic acids is 1. The molecule has 1 aliphatic rings. The average molecular weight is 265 g/mol. The van der Waals surface area contributed by atoms with Crippen molar-refractivity contribution in [3.8, 4) is 0 Å². The highest BCUT2D eigenvalue weighted by molar-refractivity contribution is 5.82. The van der Waals surface area contributed by atoms with Crippen LogP contribution >= 0.6 is 0 Å². The Labute approximate surface area is 112 Å². The van der Waals surface area contributed by atoms with E-state index in [0.717, 1.165) is 6.42 Å². The first-order chi connectivity index (χ1) is 8.94. The summed E-state index contributed by atoms with van der Waals surface area (Å²) in [4.78, 5) is 25.3. The van der Waals surface area contributed by atoms with Crippen molar-refractivity contribution in [3.63, 3.8) is 0 Å². The average Bonchev–Trinajstić information content (AvgIpc) is 2.90. The molecule has 0 aromatic carbocycles. The van der Waals surface area contributed by atoms with Crippen LogP contribution in [-0.4, -0.2) is 44.8 Å². The summed E-state index contributed by atoms with van der Waals surface area (Å²) in [6.45, 7) is 4.37. The van der Waals surface area contributed by atoms with E-state index < -0.39 is 17.4 Å². The van der Waals surface area contributed by atoms with Crippen molar-refractivity contribution in [3.05, 3.63) is 18.5 Å². The number of aliphatic carboxylic acids is 1. The Hall–Kier alpha value is -1.85. The zero-order valence-electron chi connectivity index (χ0n) is 11.2. The summed E-state index contributed by atoms with van der Waals surface area (Å²) in [5, 5.41) is 13.3. The third-order valence-electron chi connectivity index (χ3n) is 3.80. The van der Waals surface area contributed by atoms with Gasteiger partial charge in [-0.2, -0.15) is 5.10 Å². The Kier molecular flexibility index (Phi) is 3.59. The minimum absolute atomic E-state index is 0.0733. The first kappa shape index (κ1) is 13.6. The van der Waals surface area contributed by atoms with Gasteiger partial charge in [-0.05, 0) is 32.8 Å². The predicted octanol–water partition coefficient (Wildman–Crippen LogP) is 1.16. The molecule has 1 aromatic heterocycles. The third kappa shape index (κ3) is 2.62. The van der Waals surface area contributed by atoms with Gasteiger partial charge in [-0.3, -0.25) is 14.3 Å². The molecule has 1 N–H and O–H groups in total. The number of rotatable bonds is 3. The number of carbonyl (C=O) groups is 2. The molecule has 6 heteroatoms. The molecule has 6 nitrogen and oxygen atoms in total. The monoisotopic (exact) mass is 265 g/mol. The van der Waals surface area contributed by atoms with Gasteiger partial charge in [0.25, 0.3) is 0 Å². The van der Waals surface area contributed by atoms with Gasteiger partial charge in [-0.1, -0.05) is 0 Å². The minimum atomic E-state index is -0.836. The molecular weight excluding hydrogens is 246 g/mol. The van der Waals surface area contributed by atoms with E-state index in [4.69, 9.17) is 0 Å². The van der Waals surface area contributed by atoms with Crippen LogP contribution in [0.5, 0.6) is 0 Å². The zero-order chi connectivity index (χ0) is 14.0. The highest BCUT2D eigenvalue weighted by Crippen LogP contribution is 2.30. The zero-order valence-corrected chi connectivity index (χ0v) is 11.2. The van der Waals surface area contributed by atoms with Crippen molar-refractivity contribution in [2.75, 3.05) is 13.1 Å². The largest absolute Gasteiger partial charge is 0.481 e. The van der Waals surface area contributed by atoms with Crippen LogP contribution in [-0.2, 0) is 9.59 Å². The predicted molar refractivity (Wildman–Crippen MR) is 68.5 cm³/mol. The van der Waals surface area contributed by atoms with Gasteiger partial charge in [0.05, 0.1) is 5.41 Å². The summed E-state index contributed by atoms with van der Waals surface area (Å²) in [6, 6.07) is 1.37. The Balaban J connectivity index is 2.09. The fourth-order valence-electron chi connectivity index (χ4n) is 2.49. The van der Waals surface area contributed by atoms with Crippen molar-refractivity contribution in [2.24, 2.45) is 5.41 Å². The molecule has 2 atom stereocenters. The van der Waals surface area contributed by atoms with Crippen molar-refractivity contribution in [1.82, 2.24) is 14.7 Å². The lowest BCUT2D eigenvalue weighted by Crippen LogP contribution is -2.50. The Bertz CT molecular complexity index is 471. The van der Waals surface area contributed by atoms with Gasteiger partial charge in [0, 0.05) is 25.5 Å². The molecule has 1 aromatic rings. The molecule has 0 spiro atoms. The Morgan fingerprint density at radius 2 is 2.21 bits per heavy atom. The van der Waals surface area contributed by atoms with Crippen LogP contribution in [0.4, 0.5) is 0 Å². The number of carbonyl (C=O) groups excluding carboxylic acids is 1. The fourth-order valence-corrected chi connectivity index (χ4v) is 2.49. The molecule has 0 aliphatic carbocycles. The Morgan fingerprint density at radius 3 is 2.79 bits per heavy atom. The van der Waals surface area contributed by atoms with Crippen LogP contribution in [0.3, 0.4) is 0 Å². The maximum atomic E-state index is 12.4. The maximum absolute atomic E-state index is 12.4. The lowest BCUT2D eigenvalue weighted by Gasteiger charge is -2.38. The normalized spacial score (nSPS) is 25.1. The minimum Gasteiger partial charge on any atom is -0.481 e. The van der Waals surface area contributed by atoms with Crippen molar-refractivity contribution < 1.29 is 14.7 Å². The summed E-state index contributed by atoms with van der Waals surface area (Å²) in [6.07, 6.45) is 4.70. The van der Waals surface area contributed by atoms with E-state index in [9.17, 15) is 14.7 Å². The van der Waals surface area contributed by atoms with Crippen LogP contribution in [0.25, 0.3) is 0 Å². The third-order valence-corrected chi connectivity index (χ3v) is 3.80. The quantitative estimate of drug-likeness (QED) is 0.889. The smallest absolute Gasteiger partial charge is 0.311 e. The SMILES string of the molecule is CC(C(=O)N1CCCC(C)(C(=O)O)C1)n1cccn1. The summed E-state index contributed by atoms with van der Waals surface area (Å²) in [5.74, 6) is -0.910. The molecule has 2 rings (SSSR count). The number of nitrogens with zero attached hydrogens (tertiary/aromatic N) is 3. The topological polar surface area (TPSA) is 75.4 Å². The highest BCUT2D eigenvalue weighted by Gasteiger charge is 2.40. The van der Waals surface area contributed by atoms with Gasteiger partial charge in [-0.25, -0.2) is 0 Å². The molecular formula is C13H19N3O3. The second kappa shape index (κ2) is 5.03. The van der Waals surface area contributed by atoms with Gasteiger partial charge < -0.3 is 10.0 Å². The number of hydrogen-bond donors (Lipinski definition) is 1. The highest BCUT2D eigenvalue weighted by atomic mass is 16.4. The summed E-state index contributed by atoms with van der Waals surface area (Å²) >= 11 is 0. The lowest BCUT2D eigenvalue weighted by molar-refractivity contribution is -0.154. The van der Waals surface area contributed by atoms with E-state index >= 15 is 0 Å². The van der Waals surface area contributed by atoms with Crippen LogP contribution < -0.4 is 0 Å². The number of hydrogen-bond acceptors (Lipinski definition) is 3. The Morgan fingerprint density at radius 1 is 1.47 bits per heavy atom. The second-order valence-corrected chi connectivity index (χ2v) is 5.39. The molecule has 2 unspecified atom stereocenters. The molecule has 1 fully saturated rings. The van der Waals surface area contributed by atoms with Crippen LogP contribution in [0, 0.1) is 5.41 Å². The van der Waals surface area contributed by atoms with Crippen LogP contribution in [0.1, 0.15) is 32.7 Å². The van der Waals surface area contributed by atoms with Gasteiger partial charge >= 0.3 is 5.97 Å². The number of carboxylic acid groups (broad SMARTS) is 1. The van der Waals surface area contributed by atoms with E-state index in [1.165, 1.54) is 0 Å². The van der Waals surface area contributed by atoms with Gasteiger partial charge in [0.15, 0.2) is 0 Å². The van der Waals surface area contributed by atoms with Gasteiger partial charge in [0.1, 0.15) is 6.04 Å². The molecule has 0 bridgehead atoms. The molecule has 0 radical (unpaired) electrons. The number of piperidine rings is 1. The van der Waals surface area contributed by atoms with Crippen LogP contribution in [0.2, 0.25) is 0 Å². The van der Waals surface area contributed by atoms with Crippen molar-refractivity contribution in [2.45, 2.75) is 32.7 Å². The maximum Gasteiger partial charge on any atom is 0.311 e. The fraction of sp³-hybridized carbons (Fsp3) is 0.615. The van der Waals surface area contributed by atoms with Crippen molar-refractivity contribution >= 4 is 11.9 Å². The number of aromatic nitrogens is 2. The standard InChI is InChI=1S/C13H19N3O3/c1-10(16-8-4-6-14-16)11(17)15-7-3-5-13(2,9-15)12(18)19/h4,6,8,10H,3,5,7,9H2,1-2H3,(H,18,19). The summed E-state index contributed by atoms with van der Waals surface area (Å²) in [5.41, 5.74) is -0.836. The molecule has 1 aliphatic heterocycles. The van der Waals surface area contributed by atoms with Gasteiger partial charge in [0.2, 0.25) is 5.91 Å². The van der Waals surface area contributed by atoms with E-state index in [-0.39, 0.29) is 12.5 Å². The molecule has 104 valence electrons. The molecule has 1 amide bonds. The van der Waals surface area contributed by atoms with Gasteiger partial charge in [-0.15, -0.1) is 0 Å². The first-order valence-corrected chi connectivity index (χ1v) is 6.45. The first-order valence-electron chi connectivity index (χ1n) is 6.45. The molecule has 2 heterocycles. The van der Waals surface area contributed by atoms with E-state index in [0.29, 0.717) is 13.0 Å². The summed E-state index contributed by atoms with van der Waals surface area (Å²) < 4.78 is 1.59. The van der Waals surface area contributed by atoms with E-state index in [1.807, 2.05) is 0 Å². The van der Waals surface area contributed by atoms with E-state index in [2.05, 4.69) is 5.10 Å².